The molecule has 0 bridgehead atoms. The standard InChI is InChI=1S/C21H24N4O3.C12H18N2O3S/c1-23(2)15-8-10-25(13-15)19-12-16(7-9-22-19)28-18-6-4-5-14-11-17(21(26)27)24(3)20(14)18;1-12(4-5-12)8-6-9(13)11(17-2)10(7-8)14-18(3,15)16/h4-7,9,11-12,15H,8,10,13H2,1-3H3,(H,26,27);6-7,14H,4-5,13H2,1-3H3/t15-;/m0./s1. The van der Waals surface area contributed by atoms with Gasteiger partial charge in [-0.1, -0.05) is 19.1 Å². The topological polar surface area (TPSA) is 152 Å². The van der Waals surface area contributed by atoms with Crippen molar-refractivity contribution in [3.63, 3.8) is 0 Å². The number of nitrogen functional groups attached to an aromatic ring is 1. The molecule has 1 aliphatic carbocycles. The van der Waals surface area contributed by atoms with Gasteiger partial charge in [0, 0.05) is 43.8 Å². The number of sulfonamides is 1. The number of carboxylic acid groups (broad SMARTS) is 1. The Morgan fingerprint density at radius 3 is 2.52 bits per heavy atom. The minimum absolute atomic E-state index is 0.119. The minimum atomic E-state index is -3.35. The Hall–Kier alpha value is -4.49. The zero-order chi connectivity index (χ0) is 33.4. The Kier molecular flexibility index (Phi) is 9.09. The summed E-state index contributed by atoms with van der Waals surface area (Å²) in [4.78, 5) is 20.5. The third kappa shape index (κ3) is 7.15. The lowest BCUT2D eigenvalue weighted by Crippen LogP contribution is -2.31. The molecule has 1 saturated heterocycles. The van der Waals surface area contributed by atoms with Crippen LogP contribution < -0.4 is 24.8 Å². The quantitative estimate of drug-likeness (QED) is 0.213. The van der Waals surface area contributed by atoms with Crippen molar-refractivity contribution in [3.8, 4) is 17.2 Å². The summed E-state index contributed by atoms with van der Waals surface area (Å²) in [6, 6.07) is 15.2. The molecule has 0 radical (unpaired) electrons. The van der Waals surface area contributed by atoms with Crippen LogP contribution in [0, 0.1) is 0 Å². The van der Waals surface area contributed by atoms with Crippen LogP contribution >= 0.6 is 0 Å². The molecule has 4 N–H and O–H groups in total. The second-order valence-corrected chi connectivity index (χ2v) is 14.2. The van der Waals surface area contributed by atoms with Crippen LogP contribution in [0.25, 0.3) is 10.9 Å². The van der Waals surface area contributed by atoms with E-state index < -0.39 is 16.0 Å². The van der Waals surface area contributed by atoms with Gasteiger partial charge in [0.15, 0.2) is 11.5 Å². The average molecular weight is 651 g/mol. The number of para-hydroxylation sites is 1. The summed E-state index contributed by atoms with van der Waals surface area (Å²) in [6.07, 6.45) is 6.16. The van der Waals surface area contributed by atoms with E-state index in [9.17, 15) is 18.3 Å². The second kappa shape index (κ2) is 12.7. The van der Waals surface area contributed by atoms with E-state index in [1.165, 1.54) is 7.11 Å². The van der Waals surface area contributed by atoms with E-state index >= 15 is 0 Å². The third-order valence-electron chi connectivity index (χ3n) is 8.71. The molecule has 2 aromatic heterocycles. The van der Waals surface area contributed by atoms with Crippen LogP contribution in [0.4, 0.5) is 17.2 Å². The Bertz CT molecular complexity index is 1870. The van der Waals surface area contributed by atoms with Gasteiger partial charge in [0.2, 0.25) is 10.0 Å². The van der Waals surface area contributed by atoms with Gasteiger partial charge in [-0.25, -0.2) is 18.2 Å². The van der Waals surface area contributed by atoms with E-state index in [2.05, 4.69) is 40.5 Å². The first-order chi connectivity index (χ1) is 21.7. The molecule has 0 spiro atoms. The van der Waals surface area contributed by atoms with E-state index in [1.807, 2.05) is 42.5 Å². The third-order valence-corrected chi connectivity index (χ3v) is 9.31. The maximum atomic E-state index is 11.4. The SMILES string of the molecule is CN(C)[C@H]1CCN(c2cc(Oc3cccc4cc(C(=O)O)n(C)c34)ccn2)C1.COc1c(N)cc(C2(C)CC2)cc1NS(C)(=O)=O. The highest BCUT2D eigenvalue weighted by molar-refractivity contribution is 7.92. The molecule has 0 unspecified atom stereocenters. The number of methoxy groups -OCH3 is 1. The van der Waals surface area contributed by atoms with Crippen molar-refractivity contribution in [2.24, 2.45) is 7.05 Å². The van der Waals surface area contributed by atoms with Gasteiger partial charge in [-0.05, 0) is 74.7 Å². The number of likely N-dealkylation sites (N-methyl/N-ethyl adjacent to an activating group) is 1. The summed E-state index contributed by atoms with van der Waals surface area (Å²) >= 11 is 0. The Morgan fingerprint density at radius 1 is 1.17 bits per heavy atom. The van der Waals surface area contributed by atoms with Crippen LogP contribution in [0.3, 0.4) is 0 Å². The van der Waals surface area contributed by atoms with Crippen LogP contribution in [0.5, 0.6) is 17.2 Å². The zero-order valence-corrected chi connectivity index (χ0v) is 27.9. The fourth-order valence-corrected chi connectivity index (χ4v) is 6.33. The van der Waals surface area contributed by atoms with Gasteiger partial charge in [0.1, 0.15) is 17.3 Å². The number of aryl methyl sites for hydroxylation is 1. The number of carbonyl (C=O) groups is 1. The van der Waals surface area contributed by atoms with Crippen LogP contribution in [0.2, 0.25) is 0 Å². The molecule has 6 rings (SSSR count). The van der Waals surface area contributed by atoms with Crippen molar-refractivity contribution in [2.75, 3.05) is 55.9 Å². The summed E-state index contributed by atoms with van der Waals surface area (Å²) < 4.78 is 38.1. The molecule has 2 aromatic carbocycles. The molecule has 1 saturated carbocycles. The molecule has 3 heterocycles. The normalized spacial score (nSPS) is 17.0. The first-order valence-corrected chi connectivity index (χ1v) is 16.9. The maximum Gasteiger partial charge on any atom is 0.352 e. The molecular formula is C33H42N6O6S. The number of ether oxygens (including phenoxy) is 2. The Morgan fingerprint density at radius 2 is 1.91 bits per heavy atom. The fourth-order valence-electron chi connectivity index (χ4n) is 5.78. The van der Waals surface area contributed by atoms with Crippen molar-refractivity contribution in [2.45, 2.75) is 37.6 Å². The second-order valence-electron chi connectivity index (χ2n) is 12.5. The number of hydrogen-bond donors (Lipinski definition) is 3. The number of nitrogens with two attached hydrogens (primary N) is 1. The molecule has 46 heavy (non-hydrogen) atoms. The maximum absolute atomic E-state index is 11.4. The van der Waals surface area contributed by atoms with Crippen molar-refractivity contribution in [1.82, 2.24) is 14.5 Å². The molecule has 1 aliphatic heterocycles. The largest absolute Gasteiger partial charge is 0.492 e. The van der Waals surface area contributed by atoms with Crippen molar-refractivity contribution in [3.05, 3.63) is 66.0 Å². The molecule has 1 atom stereocenters. The van der Waals surface area contributed by atoms with Crippen LogP contribution in [-0.4, -0.2) is 80.5 Å². The van der Waals surface area contributed by atoms with Crippen molar-refractivity contribution >= 4 is 44.1 Å². The molecule has 2 fully saturated rings. The zero-order valence-electron chi connectivity index (χ0n) is 27.1. The lowest BCUT2D eigenvalue weighted by molar-refractivity contribution is 0.0687. The number of nitrogens with one attached hydrogen (secondary N) is 1. The lowest BCUT2D eigenvalue weighted by Gasteiger charge is -2.21. The Labute approximate surface area is 269 Å². The first-order valence-electron chi connectivity index (χ1n) is 15.0. The summed E-state index contributed by atoms with van der Waals surface area (Å²) in [5.74, 6) is 1.61. The van der Waals surface area contributed by atoms with E-state index in [0.717, 1.165) is 60.9 Å². The predicted octanol–water partition coefficient (Wildman–Crippen LogP) is 4.90. The van der Waals surface area contributed by atoms with Crippen LogP contribution in [-0.2, 0) is 22.5 Å². The molecule has 4 aromatic rings. The highest BCUT2D eigenvalue weighted by Crippen LogP contribution is 2.50. The number of nitrogens with zero attached hydrogens (tertiary/aromatic N) is 4. The summed E-state index contributed by atoms with van der Waals surface area (Å²) in [7, 11) is 4.06. The summed E-state index contributed by atoms with van der Waals surface area (Å²) in [5, 5.41) is 10.2. The van der Waals surface area contributed by atoms with Gasteiger partial charge in [0.05, 0.1) is 30.3 Å². The van der Waals surface area contributed by atoms with Gasteiger partial charge in [-0.3, -0.25) is 4.72 Å². The van der Waals surface area contributed by atoms with E-state index in [1.54, 1.807) is 23.9 Å². The average Bonchev–Trinajstić information content (AvgIpc) is 3.38. The van der Waals surface area contributed by atoms with E-state index in [0.29, 0.717) is 34.7 Å². The molecule has 0 amide bonds. The molecule has 246 valence electrons. The molecule has 13 heteroatoms. The monoisotopic (exact) mass is 650 g/mol. The number of anilines is 3. The first kappa shape index (κ1) is 32.9. The number of carboxylic acids is 1. The minimum Gasteiger partial charge on any atom is -0.492 e. The van der Waals surface area contributed by atoms with Crippen molar-refractivity contribution < 1.29 is 27.8 Å². The number of fused-ring (bicyclic) bond motifs is 1. The van der Waals surface area contributed by atoms with Gasteiger partial charge in [-0.15, -0.1) is 0 Å². The molecule has 12 nitrogen and oxygen atoms in total. The predicted molar refractivity (Wildman–Crippen MR) is 181 cm³/mol. The number of aromatic carboxylic acids is 1. The smallest absolute Gasteiger partial charge is 0.352 e. The number of benzene rings is 2. The van der Waals surface area contributed by atoms with E-state index in [-0.39, 0.29) is 11.1 Å². The van der Waals surface area contributed by atoms with E-state index in [4.69, 9.17) is 15.2 Å². The highest BCUT2D eigenvalue weighted by Gasteiger charge is 2.40. The Balaban J connectivity index is 0.000000200. The fraction of sp³-hybridized carbons (Fsp3) is 0.394. The van der Waals surface area contributed by atoms with Crippen LogP contribution in [0.15, 0.2) is 54.7 Å². The van der Waals surface area contributed by atoms with Gasteiger partial charge in [-0.2, -0.15) is 0 Å². The number of hydrogen-bond acceptors (Lipinski definition) is 9. The van der Waals surface area contributed by atoms with Gasteiger partial charge < -0.3 is 34.7 Å². The number of pyridine rings is 1. The van der Waals surface area contributed by atoms with Crippen LogP contribution in [0.1, 0.15) is 42.2 Å². The number of rotatable bonds is 9. The summed E-state index contributed by atoms with van der Waals surface area (Å²) in [6.45, 7) is 4.05. The lowest BCUT2D eigenvalue weighted by atomic mass is 9.97. The summed E-state index contributed by atoms with van der Waals surface area (Å²) in [5.41, 5.74) is 8.93. The van der Waals surface area contributed by atoms with Crippen molar-refractivity contribution in [1.29, 1.82) is 0 Å². The molecule has 2 aliphatic rings. The number of aromatic nitrogens is 2. The van der Waals surface area contributed by atoms with Gasteiger partial charge >= 0.3 is 5.97 Å². The molecular weight excluding hydrogens is 608 g/mol. The van der Waals surface area contributed by atoms with Gasteiger partial charge in [0.25, 0.3) is 0 Å². The highest BCUT2D eigenvalue weighted by atomic mass is 32.2.